The van der Waals surface area contributed by atoms with E-state index in [1.807, 2.05) is 48.5 Å². The second-order valence-corrected chi connectivity index (χ2v) is 16.8. The van der Waals surface area contributed by atoms with Crippen LogP contribution in [0, 0.1) is 0 Å². The molecule has 2 atom stereocenters. The number of hydrogen-bond acceptors (Lipinski definition) is 14. The van der Waals surface area contributed by atoms with Crippen molar-refractivity contribution in [3.63, 3.8) is 0 Å². The van der Waals surface area contributed by atoms with Gasteiger partial charge in [-0.3, -0.25) is 0 Å². The van der Waals surface area contributed by atoms with E-state index in [0.717, 1.165) is 73.6 Å². The van der Waals surface area contributed by atoms with Crippen molar-refractivity contribution in [1.82, 2.24) is 19.9 Å². The molecule has 1 fully saturated rings. The van der Waals surface area contributed by atoms with Crippen LogP contribution in [0.1, 0.15) is 127 Å². The van der Waals surface area contributed by atoms with Gasteiger partial charge in [0, 0.05) is 23.3 Å². The summed E-state index contributed by atoms with van der Waals surface area (Å²) in [6, 6.07) is 15.9. The van der Waals surface area contributed by atoms with Gasteiger partial charge >= 0.3 is 11.9 Å². The van der Waals surface area contributed by atoms with Crippen LogP contribution < -0.4 is 9.47 Å². The maximum atomic E-state index is 11.0. The van der Waals surface area contributed by atoms with Gasteiger partial charge in [-0.1, -0.05) is 152 Å². The van der Waals surface area contributed by atoms with Gasteiger partial charge in [-0.05, 0) is 36.8 Å². The first-order chi connectivity index (χ1) is 33.5. The van der Waals surface area contributed by atoms with Crippen LogP contribution in [0.15, 0.2) is 98.6 Å². The second kappa shape index (κ2) is 33.0. The van der Waals surface area contributed by atoms with Crippen LogP contribution in [0.5, 0.6) is 11.5 Å². The van der Waals surface area contributed by atoms with Crippen molar-refractivity contribution in [2.24, 2.45) is 0 Å². The third-order valence-corrected chi connectivity index (χ3v) is 11.3. The molecule has 0 bridgehead atoms. The largest absolute Gasteiger partial charge is 0.490 e. The third-order valence-electron chi connectivity index (χ3n) is 11.3. The summed E-state index contributed by atoms with van der Waals surface area (Å²) < 4.78 is 45.8. The highest BCUT2D eigenvalue weighted by atomic mass is 16.8. The lowest BCUT2D eigenvalue weighted by molar-refractivity contribution is -0.326. The average molecular weight is 937 g/mol. The number of benzene rings is 2. The summed E-state index contributed by atoms with van der Waals surface area (Å²) in [6.45, 7) is 10.5. The lowest BCUT2D eigenvalue weighted by atomic mass is 10.1. The molecule has 14 heteroatoms. The Balaban J connectivity index is 0.901. The standard InChI is InChI=1S/C54H72N4O10/c1-3-49(59)63-33-21-17-13-9-5-7-11-15-19-31-61-47-37-55-51(56-38-47)45-27-23-43(24-28-45)41-67-53-54(66-36-35-65-53)68-42-44-25-29-46(30-26-44)52-57-39-48(40-58-52)62-32-20-16-12-8-6-10-14-18-22-34-64-50(60)4-2/h3-4,23-30,37-40,53-54H,1-2,5-22,31-36,41-42H2. The minimum absolute atomic E-state index is 0.319. The van der Waals surface area contributed by atoms with Gasteiger partial charge in [0.1, 0.15) is 0 Å². The van der Waals surface area contributed by atoms with Crippen molar-refractivity contribution in [1.29, 1.82) is 0 Å². The molecule has 0 saturated carbocycles. The molecule has 2 aromatic heterocycles. The van der Waals surface area contributed by atoms with Gasteiger partial charge < -0.3 is 37.9 Å². The summed E-state index contributed by atoms with van der Waals surface area (Å²) in [5.74, 6) is 1.90. The van der Waals surface area contributed by atoms with Gasteiger partial charge in [0.05, 0.1) is 77.6 Å². The van der Waals surface area contributed by atoms with E-state index in [-0.39, 0.29) is 11.9 Å². The molecule has 1 aliphatic heterocycles. The molecule has 0 radical (unpaired) electrons. The number of rotatable bonds is 36. The predicted molar refractivity (Wildman–Crippen MR) is 260 cm³/mol. The van der Waals surface area contributed by atoms with Crippen LogP contribution in [0.25, 0.3) is 22.8 Å². The van der Waals surface area contributed by atoms with Crippen molar-refractivity contribution in [3.8, 4) is 34.3 Å². The Bertz CT molecular complexity index is 1850. The molecule has 4 aromatic rings. The van der Waals surface area contributed by atoms with E-state index >= 15 is 0 Å². The zero-order valence-electron chi connectivity index (χ0n) is 39.9. The Labute approximate surface area is 403 Å². The minimum atomic E-state index is -0.674. The van der Waals surface area contributed by atoms with Gasteiger partial charge in [-0.15, -0.1) is 0 Å². The Hall–Kier alpha value is -5.54. The highest BCUT2D eigenvalue weighted by Crippen LogP contribution is 2.23. The Morgan fingerprint density at radius 1 is 0.471 bits per heavy atom. The third kappa shape index (κ3) is 21.6. The van der Waals surface area contributed by atoms with Crippen LogP contribution in [-0.4, -0.2) is 84.1 Å². The molecule has 0 spiro atoms. The Morgan fingerprint density at radius 2 is 0.779 bits per heavy atom. The van der Waals surface area contributed by atoms with Crippen LogP contribution in [0.2, 0.25) is 0 Å². The Morgan fingerprint density at radius 3 is 1.10 bits per heavy atom. The summed E-state index contributed by atoms with van der Waals surface area (Å²) in [4.78, 5) is 40.2. The summed E-state index contributed by atoms with van der Waals surface area (Å²) in [7, 11) is 0. The lowest BCUT2D eigenvalue weighted by Gasteiger charge is -2.31. The summed E-state index contributed by atoms with van der Waals surface area (Å²) in [6.07, 6.45) is 28.3. The highest BCUT2D eigenvalue weighted by molar-refractivity contribution is 5.81. The number of esters is 2. The summed E-state index contributed by atoms with van der Waals surface area (Å²) >= 11 is 0. The molecule has 68 heavy (non-hydrogen) atoms. The molecule has 1 saturated heterocycles. The molecular formula is C54H72N4O10. The van der Waals surface area contributed by atoms with E-state index in [1.54, 1.807) is 24.8 Å². The first-order valence-corrected chi connectivity index (χ1v) is 24.6. The second-order valence-electron chi connectivity index (χ2n) is 16.8. The van der Waals surface area contributed by atoms with Gasteiger partial charge in [-0.2, -0.15) is 0 Å². The molecule has 1 aliphatic rings. The molecular weight excluding hydrogens is 865 g/mol. The highest BCUT2D eigenvalue weighted by Gasteiger charge is 2.29. The molecule has 2 aromatic carbocycles. The maximum Gasteiger partial charge on any atom is 0.330 e. The monoisotopic (exact) mass is 937 g/mol. The van der Waals surface area contributed by atoms with Gasteiger partial charge in [0.25, 0.3) is 0 Å². The molecule has 14 nitrogen and oxygen atoms in total. The average Bonchev–Trinajstić information content (AvgIpc) is 3.38. The fourth-order valence-corrected chi connectivity index (χ4v) is 7.40. The first kappa shape index (κ1) is 53.4. The minimum Gasteiger partial charge on any atom is -0.490 e. The normalized spacial score (nSPS) is 14.5. The number of nitrogens with zero attached hydrogens (tertiary/aromatic N) is 4. The number of carbonyl (C=O) groups is 2. The van der Waals surface area contributed by atoms with Crippen LogP contribution >= 0.6 is 0 Å². The van der Waals surface area contributed by atoms with Gasteiger partial charge in [-0.25, -0.2) is 29.5 Å². The molecule has 0 N–H and O–H groups in total. The number of carbonyl (C=O) groups excluding carboxylic acids is 2. The van der Waals surface area contributed by atoms with Crippen molar-refractivity contribution in [2.75, 3.05) is 39.6 Å². The van der Waals surface area contributed by atoms with E-state index in [9.17, 15) is 9.59 Å². The number of ether oxygens (including phenoxy) is 8. The summed E-state index contributed by atoms with van der Waals surface area (Å²) in [5, 5.41) is 0. The topological polar surface area (TPSA) is 160 Å². The molecule has 0 amide bonds. The lowest BCUT2D eigenvalue weighted by Crippen LogP contribution is -2.41. The van der Waals surface area contributed by atoms with Crippen molar-refractivity contribution < 1.29 is 47.5 Å². The van der Waals surface area contributed by atoms with Crippen molar-refractivity contribution >= 4 is 11.9 Å². The van der Waals surface area contributed by atoms with Crippen molar-refractivity contribution in [3.05, 3.63) is 110 Å². The van der Waals surface area contributed by atoms with Crippen LogP contribution in [0.4, 0.5) is 0 Å². The molecule has 368 valence electrons. The maximum absolute atomic E-state index is 11.0. The van der Waals surface area contributed by atoms with E-state index < -0.39 is 12.6 Å². The molecule has 2 unspecified atom stereocenters. The van der Waals surface area contributed by atoms with E-state index in [4.69, 9.17) is 37.9 Å². The van der Waals surface area contributed by atoms with E-state index in [2.05, 4.69) is 33.1 Å². The summed E-state index contributed by atoms with van der Waals surface area (Å²) in [5.41, 5.74) is 3.73. The molecule has 3 heterocycles. The predicted octanol–water partition coefficient (Wildman–Crippen LogP) is 11.3. The first-order valence-electron chi connectivity index (χ1n) is 24.6. The Kier molecular flexibility index (Phi) is 26.0. The van der Waals surface area contributed by atoms with Crippen LogP contribution in [0.3, 0.4) is 0 Å². The van der Waals surface area contributed by atoms with E-state index in [1.165, 1.54) is 76.4 Å². The molecule has 5 rings (SSSR count). The zero-order chi connectivity index (χ0) is 47.7. The fourth-order valence-electron chi connectivity index (χ4n) is 7.40. The van der Waals surface area contributed by atoms with Gasteiger partial charge in [0.2, 0.25) is 12.6 Å². The quantitative estimate of drug-likeness (QED) is 0.0241. The molecule has 0 aliphatic carbocycles. The van der Waals surface area contributed by atoms with Crippen LogP contribution in [-0.2, 0) is 51.2 Å². The number of aromatic nitrogens is 4. The zero-order valence-corrected chi connectivity index (χ0v) is 39.9. The SMILES string of the molecule is C=CC(=O)OCCCCCCCCCCCOc1cnc(-c2ccc(COC3OCCOC3OCc3ccc(-c4ncc(OCCCCCCCCCCCOC(=O)C=C)cn4)cc3)cc2)nc1. The van der Waals surface area contributed by atoms with Gasteiger partial charge in [0.15, 0.2) is 23.1 Å². The van der Waals surface area contributed by atoms with E-state index in [0.29, 0.717) is 76.0 Å². The number of hydrogen-bond donors (Lipinski definition) is 0. The number of unbranched alkanes of at least 4 members (excludes halogenated alkanes) is 16. The fraction of sp³-hybridized carbons (Fsp3) is 0.519. The smallest absolute Gasteiger partial charge is 0.330 e. The van der Waals surface area contributed by atoms with Crippen molar-refractivity contribution in [2.45, 2.75) is 141 Å².